The minimum absolute atomic E-state index is 0.244. The van der Waals surface area contributed by atoms with Crippen molar-refractivity contribution < 1.29 is 4.79 Å². The second kappa shape index (κ2) is 6.41. The van der Waals surface area contributed by atoms with Gasteiger partial charge in [-0.1, -0.05) is 23.7 Å². The van der Waals surface area contributed by atoms with Crippen LogP contribution in [0.1, 0.15) is 16.2 Å². The van der Waals surface area contributed by atoms with Crippen molar-refractivity contribution in [2.75, 3.05) is 0 Å². The van der Waals surface area contributed by atoms with Gasteiger partial charge in [0.2, 0.25) is 0 Å². The minimum atomic E-state index is -0.244. The van der Waals surface area contributed by atoms with E-state index in [1.807, 2.05) is 30.3 Å². The van der Waals surface area contributed by atoms with Crippen LogP contribution in [0.5, 0.6) is 0 Å². The Morgan fingerprint density at radius 2 is 2.09 bits per heavy atom. The molecule has 2 heterocycles. The highest BCUT2D eigenvalue weighted by atomic mass is 35.5. The predicted octanol–water partition coefficient (Wildman–Crippen LogP) is 2.85. The number of rotatable bonds is 4. The topological polar surface area (TPSA) is 59.8 Å². The fourth-order valence-electron chi connectivity index (χ4n) is 1.97. The van der Waals surface area contributed by atoms with E-state index >= 15 is 0 Å². The third kappa shape index (κ3) is 3.32. The average Bonchev–Trinajstić information content (AvgIpc) is 3.04. The molecular formula is C16H13ClN4O. The quantitative estimate of drug-likeness (QED) is 0.806. The highest BCUT2D eigenvalue weighted by Crippen LogP contribution is 2.14. The normalized spacial score (nSPS) is 10.4. The number of nitrogens with one attached hydrogen (secondary N) is 1. The highest BCUT2D eigenvalue weighted by Gasteiger charge is 2.10. The summed E-state index contributed by atoms with van der Waals surface area (Å²) in [7, 11) is 0. The standard InChI is InChI=1S/C16H13ClN4O/c17-12-4-3-6-14(10-12)21-9-7-15(20-21)16(22)19-11-13-5-1-2-8-18-13/h1-10H,11H2,(H,19,22). The lowest BCUT2D eigenvalue weighted by Crippen LogP contribution is -2.23. The number of amides is 1. The Labute approximate surface area is 132 Å². The summed E-state index contributed by atoms with van der Waals surface area (Å²) in [5.41, 5.74) is 1.94. The van der Waals surface area contributed by atoms with Gasteiger partial charge in [-0.25, -0.2) is 4.68 Å². The maximum Gasteiger partial charge on any atom is 0.272 e. The Balaban J connectivity index is 1.69. The van der Waals surface area contributed by atoms with Crippen molar-refractivity contribution in [1.82, 2.24) is 20.1 Å². The van der Waals surface area contributed by atoms with Gasteiger partial charge in [0.1, 0.15) is 0 Å². The third-order valence-corrected chi connectivity index (χ3v) is 3.29. The van der Waals surface area contributed by atoms with Crippen LogP contribution >= 0.6 is 11.6 Å². The van der Waals surface area contributed by atoms with E-state index < -0.39 is 0 Å². The van der Waals surface area contributed by atoms with Crippen molar-refractivity contribution in [2.45, 2.75) is 6.54 Å². The van der Waals surface area contributed by atoms with Crippen LogP contribution in [0, 0.1) is 0 Å². The number of hydrogen-bond acceptors (Lipinski definition) is 3. The Morgan fingerprint density at radius 3 is 2.86 bits per heavy atom. The van der Waals surface area contributed by atoms with Gasteiger partial charge in [-0.3, -0.25) is 9.78 Å². The summed E-state index contributed by atoms with van der Waals surface area (Å²) in [5.74, 6) is -0.244. The molecule has 0 unspecified atom stereocenters. The number of benzene rings is 1. The van der Waals surface area contributed by atoms with E-state index in [4.69, 9.17) is 11.6 Å². The fraction of sp³-hybridized carbons (Fsp3) is 0.0625. The molecule has 1 amide bonds. The third-order valence-electron chi connectivity index (χ3n) is 3.05. The molecule has 1 N–H and O–H groups in total. The zero-order chi connectivity index (χ0) is 15.4. The summed E-state index contributed by atoms with van der Waals surface area (Å²) in [6.07, 6.45) is 3.41. The van der Waals surface area contributed by atoms with Crippen LogP contribution in [0.4, 0.5) is 0 Å². The molecule has 1 aromatic carbocycles. The number of carbonyl (C=O) groups is 1. The molecule has 0 spiro atoms. The monoisotopic (exact) mass is 312 g/mol. The SMILES string of the molecule is O=C(NCc1ccccn1)c1ccn(-c2cccc(Cl)c2)n1. The molecule has 0 aliphatic carbocycles. The molecule has 0 atom stereocenters. The first-order valence-electron chi connectivity index (χ1n) is 6.72. The van der Waals surface area contributed by atoms with E-state index in [1.165, 1.54) is 0 Å². The predicted molar refractivity (Wildman–Crippen MR) is 84.0 cm³/mol. The minimum Gasteiger partial charge on any atom is -0.345 e. The summed E-state index contributed by atoms with van der Waals surface area (Å²) < 4.78 is 1.61. The Kier molecular flexibility index (Phi) is 4.16. The lowest BCUT2D eigenvalue weighted by molar-refractivity contribution is 0.0945. The maximum absolute atomic E-state index is 12.1. The van der Waals surface area contributed by atoms with Gasteiger partial charge in [0.05, 0.1) is 17.9 Å². The summed E-state index contributed by atoms with van der Waals surface area (Å²) in [6.45, 7) is 0.365. The van der Waals surface area contributed by atoms with E-state index in [9.17, 15) is 4.79 Å². The first-order valence-corrected chi connectivity index (χ1v) is 7.10. The number of pyridine rings is 1. The molecule has 0 saturated carbocycles. The van der Waals surface area contributed by atoms with Crippen molar-refractivity contribution >= 4 is 17.5 Å². The van der Waals surface area contributed by atoms with Gasteiger partial charge in [0, 0.05) is 17.4 Å². The zero-order valence-electron chi connectivity index (χ0n) is 11.6. The van der Waals surface area contributed by atoms with E-state index in [-0.39, 0.29) is 5.91 Å². The van der Waals surface area contributed by atoms with Crippen LogP contribution in [0.3, 0.4) is 0 Å². The lowest BCUT2D eigenvalue weighted by atomic mass is 10.3. The molecule has 22 heavy (non-hydrogen) atoms. The molecule has 0 aliphatic heterocycles. The van der Waals surface area contributed by atoms with Crippen LogP contribution in [0.15, 0.2) is 60.9 Å². The average molecular weight is 313 g/mol. The van der Waals surface area contributed by atoms with Gasteiger partial charge in [0.25, 0.3) is 5.91 Å². The molecule has 0 bridgehead atoms. The lowest BCUT2D eigenvalue weighted by Gasteiger charge is -2.03. The van der Waals surface area contributed by atoms with Gasteiger partial charge in [-0.15, -0.1) is 0 Å². The largest absolute Gasteiger partial charge is 0.345 e. The van der Waals surface area contributed by atoms with Crippen molar-refractivity contribution in [2.24, 2.45) is 0 Å². The number of nitrogens with zero attached hydrogens (tertiary/aromatic N) is 3. The number of carbonyl (C=O) groups excluding carboxylic acids is 1. The van der Waals surface area contributed by atoms with E-state index in [1.54, 1.807) is 35.3 Å². The van der Waals surface area contributed by atoms with Crippen LogP contribution in [0.25, 0.3) is 5.69 Å². The molecule has 0 saturated heterocycles. The van der Waals surface area contributed by atoms with Gasteiger partial charge in [-0.05, 0) is 36.4 Å². The highest BCUT2D eigenvalue weighted by molar-refractivity contribution is 6.30. The maximum atomic E-state index is 12.1. The molecule has 2 aromatic heterocycles. The van der Waals surface area contributed by atoms with Crippen molar-refractivity contribution in [3.8, 4) is 5.69 Å². The van der Waals surface area contributed by atoms with E-state index in [0.717, 1.165) is 11.4 Å². The molecule has 0 radical (unpaired) electrons. The molecule has 5 nitrogen and oxygen atoms in total. The molecular weight excluding hydrogens is 300 g/mol. The van der Waals surface area contributed by atoms with Gasteiger partial charge in [0.15, 0.2) is 5.69 Å². The summed E-state index contributed by atoms with van der Waals surface area (Å²) >= 11 is 5.95. The van der Waals surface area contributed by atoms with Crippen LogP contribution in [-0.4, -0.2) is 20.7 Å². The first-order chi connectivity index (χ1) is 10.7. The van der Waals surface area contributed by atoms with E-state index in [0.29, 0.717) is 17.3 Å². The van der Waals surface area contributed by atoms with Crippen molar-refractivity contribution in [3.63, 3.8) is 0 Å². The Hall–Kier alpha value is -2.66. The van der Waals surface area contributed by atoms with Gasteiger partial charge < -0.3 is 5.32 Å². The van der Waals surface area contributed by atoms with Gasteiger partial charge >= 0.3 is 0 Å². The fourth-order valence-corrected chi connectivity index (χ4v) is 2.16. The van der Waals surface area contributed by atoms with Gasteiger partial charge in [-0.2, -0.15) is 5.10 Å². The first kappa shape index (κ1) is 14.3. The van der Waals surface area contributed by atoms with Crippen LogP contribution < -0.4 is 5.32 Å². The molecule has 110 valence electrons. The van der Waals surface area contributed by atoms with Crippen molar-refractivity contribution in [3.05, 3.63) is 77.3 Å². The molecule has 3 aromatic rings. The summed E-state index contributed by atoms with van der Waals surface area (Å²) in [6, 6.07) is 14.5. The molecule has 3 rings (SSSR count). The number of hydrogen-bond donors (Lipinski definition) is 1. The number of halogens is 1. The zero-order valence-corrected chi connectivity index (χ0v) is 12.4. The van der Waals surface area contributed by atoms with E-state index in [2.05, 4.69) is 15.4 Å². The Bertz CT molecular complexity index is 786. The second-order valence-corrected chi connectivity index (χ2v) is 5.07. The molecule has 0 fully saturated rings. The summed E-state index contributed by atoms with van der Waals surface area (Å²) in [5, 5.41) is 7.67. The van der Waals surface area contributed by atoms with Crippen LogP contribution in [-0.2, 0) is 6.54 Å². The molecule has 0 aliphatic rings. The Morgan fingerprint density at radius 1 is 1.18 bits per heavy atom. The summed E-state index contributed by atoms with van der Waals surface area (Å²) in [4.78, 5) is 16.2. The second-order valence-electron chi connectivity index (χ2n) is 4.63. The van der Waals surface area contributed by atoms with Crippen LogP contribution in [0.2, 0.25) is 5.02 Å². The molecule has 6 heteroatoms. The number of aromatic nitrogens is 3. The smallest absolute Gasteiger partial charge is 0.272 e. The van der Waals surface area contributed by atoms with Crippen molar-refractivity contribution in [1.29, 1.82) is 0 Å².